The predicted molar refractivity (Wildman–Crippen MR) is 61.3 cm³/mol. The normalized spacial score (nSPS) is 9.81. The second-order valence-electron chi connectivity index (χ2n) is 3.52. The molecule has 0 saturated carbocycles. The zero-order valence-corrected chi connectivity index (χ0v) is 9.19. The molecular weight excluding hydrogens is 206 g/mol. The molecule has 1 rings (SSSR count). The topological polar surface area (TPSA) is 66.4 Å². The third-order valence-corrected chi connectivity index (χ3v) is 2.26. The van der Waals surface area contributed by atoms with E-state index in [2.05, 4.69) is 12.2 Å². The van der Waals surface area contributed by atoms with Crippen LogP contribution in [0.3, 0.4) is 0 Å². The molecule has 0 aromatic heterocycles. The van der Waals surface area contributed by atoms with Crippen LogP contribution in [-0.2, 0) is 16.0 Å². The van der Waals surface area contributed by atoms with Crippen LogP contribution in [0.4, 0.5) is 5.69 Å². The number of hydrogen-bond acceptors (Lipinski definition) is 2. The number of hydrogen-bond donors (Lipinski definition) is 2. The maximum atomic E-state index is 11.0. The van der Waals surface area contributed by atoms with Gasteiger partial charge in [0.2, 0.25) is 0 Å². The molecule has 0 radical (unpaired) electrons. The molecule has 1 aromatic rings. The Morgan fingerprint density at radius 2 is 2.00 bits per heavy atom. The van der Waals surface area contributed by atoms with Gasteiger partial charge in [-0.05, 0) is 24.5 Å². The summed E-state index contributed by atoms with van der Waals surface area (Å²) < 4.78 is 0. The fourth-order valence-electron chi connectivity index (χ4n) is 1.40. The summed E-state index contributed by atoms with van der Waals surface area (Å²) in [6.07, 6.45) is 2.91. The van der Waals surface area contributed by atoms with Gasteiger partial charge in [0.25, 0.3) is 0 Å². The van der Waals surface area contributed by atoms with Crippen LogP contribution >= 0.6 is 0 Å². The number of anilines is 1. The summed E-state index contributed by atoms with van der Waals surface area (Å²) in [7, 11) is 0. The Balaban J connectivity index is 2.78. The van der Waals surface area contributed by atoms with E-state index < -0.39 is 11.9 Å². The molecule has 0 aliphatic carbocycles. The fourth-order valence-corrected chi connectivity index (χ4v) is 1.40. The van der Waals surface area contributed by atoms with Crippen molar-refractivity contribution in [1.82, 2.24) is 0 Å². The van der Waals surface area contributed by atoms with Gasteiger partial charge in [0.15, 0.2) is 0 Å². The summed E-state index contributed by atoms with van der Waals surface area (Å²) in [5, 5.41) is 10.9. The zero-order valence-electron chi connectivity index (χ0n) is 9.19. The third-order valence-electron chi connectivity index (χ3n) is 2.26. The van der Waals surface area contributed by atoms with Gasteiger partial charge in [-0.25, -0.2) is 4.79 Å². The summed E-state index contributed by atoms with van der Waals surface area (Å²) in [6.45, 7) is 2.08. The maximum Gasteiger partial charge on any atom is 0.394 e. The van der Waals surface area contributed by atoms with E-state index in [1.807, 2.05) is 12.1 Å². The standard InChI is InChI=1S/C12H15NO3/c1-2-3-6-9-7-4-5-8-10(9)13-11(14)12(15)16/h4-5,7-8H,2-3,6H2,1H3,(H,13,14)(H,15,16). The van der Waals surface area contributed by atoms with Crippen LogP contribution in [0.1, 0.15) is 25.3 Å². The lowest BCUT2D eigenvalue weighted by Gasteiger charge is -2.08. The number of carbonyl (C=O) groups excluding carboxylic acids is 1. The van der Waals surface area contributed by atoms with Crippen LogP contribution in [0.2, 0.25) is 0 Å². The van der Waals surface area contributed by atoms with Crippen molar-refractivity contribution in [2.24, 2.45) is 0 Å². The summed E-state index contributed by atoms with van der Waals surface area (Å²) in [4.78, 5) is 21.4. The molecule has 1 amide bonds. The lowest BCUT2D eigenvalue weighted by Crippen LogP contribution is -2.22. The van der Waals surface area contributed by atoms with Crippen LogP contribution in [0.25, 0.3) is 0 Å². The minimum atomic E-state index is -1.47. The molecule has 0 bridgehead atoms. The first-order valence-electron chi connectivity index (χ1n) is 5.27. The molecule has 0 aliphatic rings. The highest BCUT2D eigenvalue weighted by molar-refractivity contribution is 6.36. The van der Waals surface area contributed by atoms with E-state index in [-0.39, 0.29) is 0 Å². The average Bonchev–Trinajstić information content (AvgIpc) is 2.27. The van der Waals surface area contributed by atoms with Crippen LogP contribution < -0.4 is 5.32 Å². The van der Waals surface area contributed by atoms with E-state index >= 15 is 0 Å². The minimum absolute atomic E-state index is 0.586. The number of carboxylic acid groups (broad SMARTS) is 1. The molecule has 2 N–H and O–H groups in total. The van der Waals surface area contributed by atoms with Gasteiger partial charge in [-0.15, -0.1) is 0 Å². The molecule has 0 heterocycles. The Hall–Kier alpha value is -1.84. The number of amides is 1. The van der Waals surface area contributed by atoms with E-state index in [1.165, 1.54) is 0 Å². The molecule has 0 unspecified atom stereocenters. The first-order valence-corrected chi connectivity index (χ1v) is 5.27. The number of carboxylic acids is 1. The number of benzene rings is 1. The Labute approximate surface area is 94.3 Å². The van der Waals surface area contributed by atoms with Crippen molar-refractivity contribution in [3.05, 3.63) is 29.8 Å². The molecular formula is C12H15NO3. The number of aryl methyl sites for hydroxylation is 1. The fraction of sp³-hybridized carbons (Fsp3) is 0.333. The van der Waals surface area contributed by atoms with Gasteiger partial charge in [0, 0.05) is 5.69 Å². The monoisotopic (exact) mass is 221 g/mol. The molecule has 4 heteroatoms. The SMILES string of the molecule is CCCCc1ccccc1NC(=O)C(=O)O. The molecule has 0 fully saturated rings. The predicted octanol–water partition coefficient (Wildman–Crippen LogP) is 2.05. The highest BCUT2D eigenvalue weighted by Gasteiger charge is 2.12. The van der Waals surface area contributed by atoms with E-state index in [9.17, 15) is 9.59 Å². The smallest absolute Gasteiger partial charge is 0.394 e. The van der Waals surface area contributed by atoms with Crippen molar-refractivity contribution in [1.29, 1.82) is 0 Å². The van der Waals surface area contributed by atoms with Crippen molar-refractivity contribution in [3.63, 3.8) is 0 Å². The second kappa shape index (κ2) is 5.90. The highest BCUT2D eigenvalue weighted by Crippen LogP contribution is 2.17. The van der Waals surface area contributed by atoms with Crippen molar-refractivity contribution in [3.8, 4) is 0 Å². The molecule has 0 aliphatic heterocycles. The number of para-hydroxylation sites is 1. The first-order chi connectivity index (χ1) is 7.65. The van der Waals surface area contributed by atoms with Crippen LogP contribution in [0.15, 0.2) is 24.3 Å². The van der Waals surface area contributed by atoms with Gasteiger partial charge < -0.3 is 10.4 Å². The summed E-state index contributed by atoms with van der Waals surface area (Å²) >= 11 is 0. The van der Waals surface area contributed by atoms with E-state index in [0.29, 0.717) is 5.69 Å². The largest absolute Gasteiger partial charge is 0.474 e. The summed E-state index contributed by atoms with van der Waals surface area (Å²) in [5.41, 5.74) is 1.56. The lowest BCUT2D eigenvalue weighted by atomic mass is 10.1. The Morgan fingerprint density at radius 3 is 2.62 bits per heavy atom. The van der Waals surface area contributed by atoms with Gasteiger partial charge in [-0.1, -0.05) is 31.5 Å². The molecule has 0 atom stereocenters. The number of nitrogens with one attached hydrogen (secondary N) is 1. The van der Waals surface area contributed by atoms with Gasteiger partial charge in [0.1, 0.15) is 0 Å². The van der Waals surface area contributed by atoms with Crippen LogP contribution in [0, 0.1) is 0 Å². The molecule has 0 spiro atoms. The molecule has 16 heavy (non-hydrogen) atoms. The van der Waals surface area contributed by atoms with Crippen LogP contribution in [0.5, 0.6) is 0 Å². The van der Waals surface area contributed by atoms with Crippen molar-refractivity contribution in [2.45, 2.75) is 26.2 Å². The summed E-state index contributed by atoms with van der Waals surface area (Å²) in [5.74, 6) is -2.46. The highest BCUT2D eigenvalue weighted by atomic mass is 16.4. The van der Waals surface area contributed by atoms with E-state index in [4.69, 9.17) is 5.11 Å². The summed E-state index contributed by atoms with van der Waals surface area (Å²) in [6, 6.07) is 7.26. The number of unbranched alkanes of at least 4 members (excludes halogenated alkanes) is 1. The minimum Gasteiger partial charge on any atom is -0.474 e. The van der Waals surface area contributed by atoms with Gasteiger partial charge >= 0.3 is 11.9 Å². The first kappa shape index (κ1) is 12.2. The quantitative estimate of drug-likeness (QED) is 0.765. The Bertz CT molecular complexity index is 388. The zero-order chi connectivity index (χ0) is 12.0. The number of carbonyl (C=O) groups is 2. The Morgan fingerprint density at radius 1 is 1.31 bits per heavy atom. The van der Waals surface area contributed by atoms with Gasteiger partial charge in [-0.3, -0.25) is 4.79 Å². The molecule has 0 saturated heterocycles. The molecule has 4 nitrogen and oxygen atoms in total. The second-order valence-corrected chi connectivity index (χ2v) is 3.52. The van der Waals surface area contributed by atoms with Gasteiger partial charge in [-0.2, -0.15) is 0 Å². The van der Waals surface area contributed by atoms with Crippen molar-refractivity contribution in [2.75, 3.05) is 5.32 Å². The van der Waals surface area contributed by atoms with Gasteiger partial charge in [0.05, 0.1) is 0 Å². The Kier molecular flexibility index (Phi) is 4.51. The number of aliphatic carboxylic acids is 1. The van der Waals surface area contributed by atoms with Crippen LogP contribution in [-0.4, -0.2) is 17.0 Å². The van der Waals surface area contributed by atoms with Crippen molar-refractivity contribution < 1.29 is 14.7 Å². The van der Waals surface area contributed by atoms with E-state index in [0.717, 1.165) is 24.8 Å². The molecule has 86 valence electrons. The maximum absolute atomic E-state index is 11.0. The molecule has 1 aromatic carbocycles. The lowest BCUT2D eigenvalue weighted by molar-refractivity contribution is -0.147. The average molecular weight is 221 g/mol. The van der Waals surface area contributed by atoms with Crippen molar-refractivity contribution >= 4 is 17.6 Å². The third kappa shape index (κ3) is 3.38. The number of rotatable bonds is 4. The van der Waals surface area contributed by atoms with E-state index in [1.54, 1.807) is 12.1 Å².